The Balaban J connectivity index is 1.99. The summed E-state index contributed by atoms with van der Waals surface area (Å²) in [6.07, 6.45) is -0.361. The highest BCUT2D eigenvalue weighted by molar-refractivity contribution is 7.13. The van der Waals surface area contributed by atoms with Crippen LogP contribution in [0, 0.1) is 5.82 Å². The van der Waals surface area contributed by atoms with Gasteiger partial charge >= 0.3 is 0 Å². The van der Waals surface area contributed by atoms with Crippen molar-refractivity contribution in [2.75, 3.05) is 6.54 Å². The molecule has 2 aromatic rings. The van der Waals surface area contributed by atoms with Gasteiger partial charge in [0.05, 0.1) is 11.8 Å². The number of aromatic nitrogens is 1. The van der Waals surface area contributed by atoms with Crippen molar-refractivity contribution in [1.82, 2.24) is 10.3 Å². The number of nitrogens with zero attached hydrogens (tertiary/aromatic N) is 1. The molecule has 5 heteroatoms. The molecule has 18 heavy (non-hydrogen) atoms. The maximum atomic E-state index is 12.8. The van der Waals surface area contributed by atoms with Crippen LogP contribution in [0.15, 0.2) is 29.6 Å². The van der Waals surface area contributed by atoms with Gasteiger partial charge < -0.3 is 10.4 Å². The van der Waals surface area contributed by atoms with E-state index in [1.54, 1.807) is 19.1 Å². The van der Waals surface area contributed by atoms with E-state index in [4.69, 9.17) is 5.11 Å². The second kappa shape index (κ2) is 6.04. The summed E-state index contributed by atoms with van der Waals surface area (Å²) in [6.45, 7) is 2.91. The van der Waals surface area contributed by atoms with Crippen LogP contribution in [0.2, 0.25) is 0 Å². The number of hydrogen-bond acceptors (Lipinski definition) is 4. The molecular formula is C13H15FN2OS. The van der Waals surface area contributed by atoms with Crippen LogP contribution in [0.3, 0.4) is 0 Å². The quantitative estimate of drug-likeness (QED) is 0.873. The van der Waals surface area contributed by atoms with Crippen LogP contribution in [-0.2, 0) is 6.54 Å². The molecule has 2 N–H and O–H groups in total. The van der Waals surface area contributed by atoms with Crippen LogP contribution in [0.25, 0.3) is 10.6 Å². The van der Waals surface area contributed by atoms with E-state index in [0.29, 0.717) is 13.1 Å². The van der Waals surface area contributed by atoms with E-state index >= 15 is 0 Å². The largest absolute Gasteiger partial charge is 0.392 e. The van der Waals surface area contributed by atoms with Gasteiger partial charge in [-0.15, -0.1) is 11.3 Å². The molecule has 0 spiro atoms. The Bertz CT molecular complexity index is 496. The zero-order chi connectivity index (χ0) is 13.0. The van der Waals surface area contributed by atoms with Gasteiger partial charge in [-0.3, -0.25) is 0 Å². The van der Waals surface area contributed by atoms with E-state index in [2.05, 4.69) is 10.3 Å². The highest BCUT2D eigenvalue weighted by atomic mass is 32.1. The molecule has 0 bridgehead atoms. The third-order valence-electron chi connectivity index (χ3n) is 2.39. The number of aliphatic hydroxyl groups excluding tert-OH is 1. The first-order valence-corrected chi connectivity index (χ1v) is 6.62. The maximum Gasteiger partial charge on any atom is 0.123 e. The Labute approximate surface area is 109 Å². The van der Waals surface area contributed by atoms with Gasteiger partial charge in [-0.05, 0) is 31.2 Å². The molecule has 0 aliphatic heterocycles. The van der Waals surface area contributed by atoms with Crippen molar-refractivity contribution in [3.8, 4) is 10.6 Å². The monoisotopic (exact) mass is 266 g/mol. The fraction of sp³-hybridized carbons (Fsp3) is 0.308. The van der Waals surface area contributed by atoms with Crippen molar-refractivity contribution >= 4 is 11.3 Å². The fourth-order valence-electron chi connectivity index (χ4n) is 1.52. The van der Waals surface area contributed by atoms with E-state index in [-0.39, 0.29) is 11.9 Å². The maximum absolute atomic E-state index is 12.8. The summed E-state index contributed by atoms with van der Waals surface area (Å²) in [4.78, 5) is 4.46. The van der Waals surface area contributed by atoms with Gasteiger partial charge in [0.1, 0.15) is 10.8 Å². The zero-order valence-corrected chi connectivity index (χ0v) is 10.9. The highest BCUT2D eigenvalue weighted by Gasteiger charge is 2.05. The molecule has 0 aliphatic rings. The van der Waals surface area contributed by atoms with Gasteiger partial charge in [0.15, 0.2) is 0 Å². The van der Waals surface area contributed by atoms with Crippen LogP contribution >= 0.6 is 11.3 Å². The number of benzene rings is 1. The summed E-state index contributed by atoms with van der Waals surface area (Å²) in [5.74, 6) is -0.242. The number of halogens is 1. The lowest BCUT2D eigenvalue weighted by Gasteiger charge is -2.04. The molecule has 1 aromatic heterocycles. The average Bonchev–Trinajstić information content (AvgIpc) is 2.78. The van der Waals surface area contributed by atoms with Crippen molar-refractivity contribution in [3.05, 3.63) is 41.2 Å². The lowest BCUT2D eigenvalue weighted by Crippen LogP contribution is -2.23. The second-order valence-corrected chi connectivity index (χ2v) is 4.99. The second-order valence-electron chi connectivity index (χ2n) is 4.13. The number of nitrogens with one attached hydrogen (secondary N) is 1. The summed E-state index contributed by atoms with van der Waals surface area (Å²) in [5, 5.41) is 15.1. The predicted octanol–water partition coefficient (Wildman–Crippen LogP) is 2.42. The molecule has 0 saturated carbocycles. The van der Waals surface area contributed by atoms with Crippen molar-refractivity contribution in [2.45, 2.75) is 19.6 Å². The summed E-state index contributed by atoms with van der Waals surface area (Å²) < 4.78 is 12.8. The lowest BCUT2D eigenvalue weighted by molar-refractivity contribution is 0.191. The Kier molecular flexibility index (Phi) is 4.41. The lowest BCUT2D eigenvalue weighted by atomic mass is 10.2. The standard InChI is InChI=1S/C13H15FN2OS/c1-9(17)6-15-7-12-8-18-13(16-12)10-2-4-11(14)5-3-10/h2-5,8-9,15,17H,6-7H2,1H3. The Morgan fingerprint density at radius 3 is 2.78 bits per heavy atom. The first kappa shape index (κ1) is 13.1. The minimum absolute atomic E-state index is 0.242. The Morgan fingerprint density at radius 1 is 1.39 bits per heavy atom. The molecule has 0 fully saturated rings. The summed E-state index contributed by atoms with van der Waals surface area (Å²) in [6, 6.07) is 6.31. The molecule has 0 saturated heterocycles. The van der Waals surface area contributed by atoms with Crippen molar-refractivity contribution in [2.24, 2.45) is 0 Å². The molecule has 1 unspecified atom stereocenters. The molecule has 96 valence electrons. The Morgan fingerprint density at radius 2 is 2.11 bits per heavy atom. The van der Waals surface area contributed by atoms with Crippen molar-refractivity contribution < 1.29 is 9.50 Å². The SMILES string of the molecule is CC(O)CNCc1csc(-c2ccc(F)cc2)n1. The van der Waals surface area contributed by atoms with Crippen LogP contribution in [0.5, 0.6) is 0 Å². The van der Waals surface area contributed by atoms with Crippen LogP contribution in [0.1, 0.15) is 12.6 Å². The summed E-state index contributed by atoms with van der Waals surface area (Å²) >= 11 is 1.53. The molecule has 3 nitrogen and oxygen atoms in total. The molecule has 2 rings (SSSR count). The number of thiazole rings is 1. The zero-order valence-electron chi connectivity index (χ0n) is 10.1. The number of rotatable bonds is 5. The molecule has 0 amide bonds. The van der Waals surface area contributed by atoms with Gasteiger partial charge in [0, 0.05) is 24.0 Å². The first-order valence-electron chi connectivity index (χ1n) is 5.74. The number of aliphatic hydroxyl groups is 1. The van der Waals surface area contributed by atoms with Gasteiger partial charge in [-0.1, -0.05) is 0 Å². The van der Waals surface area contributed by atoms with Gasteiger partial charge in [-0.2, -0.15) is 0 Å². The highest BCUT2D eigenvalue weighted by Crippen LogP contribution is 2.23. The number of hydrogen-bond donors (Lipinski definition) is 2. The molecular weight excluding hydrogens is 251 g/mol. The summed E-state index contributed by atoms with van der Waals surface area (Å²) in [7, 11) is 0. The smallest absolute Gasteiger partial charge is 0.123 e. The molecule has 1 heterocycles. The van der Waals surface area contributed by atoms with E-state index in [1.165, 1.54) is 23.5 Å². The van der Waals surface area contributed by atoms with Gasteiger partial charge in [-0.25, -0.2) is 9.37 Å². The fourth-order valence-corrected chi connectivity index (χ4v) is 2.35. The van der Waals surface area contributed by atoms with Crippen LogP contribution < -0.4 is 5.32 Å². The van der Waals surface area contributed by atoms with Crippen molar-refractivity contribution in [1.29, 1.82) is 0 Å². The topological polar surface area (TPSA) is 45.1 Å². The third kappa shape index (κ3) is 3.60. The van der Waals surface area contributed by atoms with E-state index in [9.17, 15) is 4.39 Å². The average molecular weight is 266 g/mol. The van der Waals surface area contributed by atoms with E-state index < -0.39 is 0 Å². The molecule has 0 radical (unpaired) electrons. The van der Waals surface area contributed by atoms with Crippen LogP contribution in [-0.4, -0.2) is 22.7 Å². The third-order valence-corrected chi connectivity index (χ3v) is 3.33. The van der Waals surface area contributed by atoms with E-state index in [1.807, 2.05) is 5.38 Å². The molecule has 1 aromatic carbocycles. The Hall–Kier alpha value is -1.30. The minimum Gasteiger partial charge on any atom is -0.392 e. The van der Waals surface area contributed by atoms with Gasteiger partial charge in [0.2, 0.25) is 0 Å². The van der Waals surface area contributed by atoms with Gasteiger partial charge in [0.25, 0.3) is 0 Å². The molecule has 1 atom stereocenters. The van der Waals surface area contributed by atoms with Crippen LogP contribution in [0.4, 0.5) is 4.39 Å². The predicted molar refractivity (Wildman–Crippen MR) is 70.9 cm³/mol. The van der Waals surface area contributed by atoms with Crippen molar-refractivity contribution in [3.63, 3.8) is 0 Å². The summed E-state index contributed by atoms with van der Waals surface area (Å²) in [5.41, 5.74) is 1.85. The first-order chi connectivity index (χ1) is 8.65. The minimum atomic E-state index is -0.361. The molecule has 0 aliphatic carbocycles. The van der Waals surface area contributed by atoms with E-state index in [0.717, 1.165) is 16.3 Å². The normalized spacial score (nSPS) is 12.6.